The molecule has 0 radical (unpaired) electrons. The summed E-state index contributed by atoms with van der Waals surface area (Å²) in [4.78, 5) is 13.1. The van der Waals surface area contributed by atoms with Crippen LogP contribution >= 0.6 is 70.5 Å². The lowest BCUT2D eigenvalue weighted by atomic mass is 10.1. The first-order chi connectivity index (χ1) is 16.9. The van der Waals surface area contributed by atoms with Crippen LogP contribution in [0.1, 0.15) is 68.1 Å². The Morgan fingerprint density at radius 2 is 1.40 bits per heavy atom. The molecule has 0 aliphatic carbocycles. The third kappa shape index (κ3) is 20.0. The molecular formula is C24H45Br3FN5S2. The fourth-order valence-corrected chi connectivity index (χ4v) is 6.17. The van der Waals surface area contributed by atoms with Crippen molar-refractivity contribution >= 4 is 75.6 Å². The van der Waals surface area contributed by atoms with Crippen molar-refractivity contribution in [1.29, 1.82) is 0 Å². The number of nitrogens with one attached hydrogen (secondary N) is 1. The molecule has 0 aromatic carbocycles. The fraction of sp³-hybridized carbons (Fsp3) is 0.750. The summed E-state index contributed by atoms with van der Waals surface area (Å²) in [5.74, 6) is 0. The van der Waals surface area contributed by atoms with Crippen LogP contribution in [-0.2, 0) is 0 Å². The van der Waals surface area contributed by atoms with Gasteiger partial charge in [-0.05, 0) is 113 Å². The summed E-state index contributed by atoms with van der Waals surface area (Å²) in [5.41, 5.74) is 0. The molecule has 0 atom stereocenters. The quantitative estimate of drug-likeness (QED) is 0.341. The molecule has 0 unspecified atom stereocenters. The molecule has 2 aromatic rings. The van der Waals surface area contributed by atoms with Gasteiger partial charge in [-0.1, -0.05) is 34.6 Å². The highest BCUT2D eigenvalue weighted by atomic mass is 79.9. The molecule has 4 rings (SSSR count). The molecular weight excluding hydrogens is 681 g/mol. The van der Waals surface area contributed by atoms with E-state index in [9.17, 15) is 4.39 Å². The van der Waals surface area contributed by atoms with Gasteiger partial charge in [0.1, 0.15) is 9.21 Å². The van der Waals surface area contributed by atoms with Crippen LogP contribution in [0.25, 0.3) is 0 Å². The zero-order valence-corrected chi connectivity index (χ0v) is 27.1. The maximum absolute atomic E-state index is 9.96. The maximum atomic E-state index is 9.96. The summed E-state index contributed by atoms with van der Waals surface area (Å²) >= 11 is 13.1. The van der Waals surface area contributed by atoms with Gasteiger partial charge in [0.25, 0.3) is 0 Å². The molecule has 2 aliphatic rings. The van der Waals surface area contributed by atoms with Crippen molar-refractivity contribution in [1.82, 2.24) is 20.2 Å². The van der Waals surface area contributed by atoms with Crippen LogP contribution in [0, 0.1) is 0 Å². The van der Waals surface area contributed by atoms with Crippen molar-refractivity contribution in [2.45, 2.75) is 66.7 Å². The van der Waals surface area contributed by atoms with Crippen molar-refractivity contribution in [2.75, 3.05) is 57.9 Å². The van der Waals surface area contributed by atoms with Gasteiger partial charge in [0.15, 0.2) is 9.05 Å². The van der Waals surface area contributed by atoms with E-state index in [2.05, 4.69) is 93.6 Å². The van der Waals surface area contributed by atoms with E-state index in [0.717, 1.165) is 13.1 Å². The average molecular weight is 728 g/mol. The smallest absolute Gasteiger partial charge is 0.186 e. The largest absolute Gasteiger partial charge is 0.348 e. The number of thiazole rings is 2. The van der Waals surface area contributed by atoms with Crippen molar-refractivity contribution in [3.05, 3.63) is 23.9 Å². The lowest BCUT2D eigenvalue weighted by molar-refractivity contribution is 0.321. The van der Waals surface area contributed by atoms with E-state index in [1.54, 1.807) is 22.7 Å². The number of alkyl halides is 1. The average Bonchev–Trinajstić information content (AvgIpc) is 3.50. The van der Waals surface area contributed by atoms with Crippen LogP contribution in [0.3, 0.4) is 0 Å². The topological polar surface area (TPSA) is 44.3 Å². The van der Waals surface area contributed by atoms with Gasteiger partial charge >= 0.3 is 0 Å². The molecule has 0 spiro atoms. The van der Waals surface area contributed by atoms with Crippen molar-refractivity contribution in [3.8, 4) is 0 Å². The highest BCUT2D eigenvalue weighted by Crippen LogP contribution is 2.26. The monoisotopic (exact) mass is 724 g/mol. The van der Waals surface area contributed by atoms with Crippen LogP contribution in [0.15, 0.2) is 23.9 Å². The Balaban J connectivity index is 0. The number of aromatic nitrogens is 2. The number of anilines is 1. The second-order valence-electron chi connectivity index (χ2n) is 7.35. The van der Waals surface area contributed by atoms with Gasteiger partial charge < -0.3 is 15.1 Å². The van der Waals surface area contributed by atoms with Crippen LogP contribution in [-0.4, -0.2) is 67.8 Å². The Bertz CT molecular complexity index is 680. The van der Waals surface area contributed by atoms with Crippen molar-refractivity contribution in [3.63, 3.8) is 0 Å². The summed E-state index contributed by atoms with van der Waals surface area (Å²) in [5, 5.41) is 8.42. The molecule has 0 saturated carbocycles. The molecule has 2 aliphatic heterocycles. The minimum atomic E-state index is -1.00. The predicted molar refractivity (Wildman–Crippen MR) is 167 cm³/mol. The second kappa shape index (κ2) is 26.0. The zero-order valence-electron chi connectivity index (χ0n) is 21.7. The Hall–Kier alpha value is 0.350. The Morgan fingerprint density at radius 3 is 1.66 bits per heavy atom. The van der Waals surface area contributed by atoms with Gasteiger partial charge in [-0.3, -0.25) is 4.39 Å². The number of nitrogens with zero attached hydrogens (tertiary/aromatic N) is 4. The van der Waals surface area contributed by atoms with Gasteiger partial charge in [-0.15, -0.1) is 22.7 Å². The third-order valence-corrected chi connectivity index (χ3v) is 8.77. The first kappa shape index (κ1) is 35.4. The standard InChI is InChI=1S/C8H11BrN2S.C6H15N.C5H11N.C3HBr2NS.CH3F.CH4/c9-7-6-12-8(10-7)11-4-2-1-3-5-11;1-4-7(5-2)6-3;1-2-4-6-5-3-1;4-2-1-7-3(5)6-2;1-2;/h6H,1-5H2;4-6H2,1-3H3;6H,1-5H2;1H;1H3;1H4/i;;;;1D;. The van der Waals surface area contributed by atoms with Gasteiger partial charge in [-0.25, -0.2) is 9.97 Å². The van der Waals surface area contributed by atoms with Crippen LogP contribution in [0.5, 0.6) is 0 Å². The summed E-state index contributed by atoms with van der Waals surface area (Å²) in [6.07, 6.45) is 8.23. The van der Waals surface area contributed by atoms with Gasteiger partial charge in [-0.2, -0.15) is 0 Å². The number of halogens is 4. The van der Waals surface area contributed by atoms with Gasteiger partial charge in [0.05, 0.1) is 8.52 Å². The molecule has 2 saturated heterocycles. The summed E-state index contributed by atoms with van der Waals surface area (Å²) in [6.45, 7) is 15.0. The fourth-order valence-electron chi connectivity index (χ4n) is 3.18. The number of piperidine rings is 2. The van der Waals surface area contributed by atoms with Crippen molar-refractivity contribution in [2.24, 2.45) is 0 Å². The predicted octanol–water partition coefficient (Wildman–Crippen LogP) is 8.89. The first-order valence-electron chi connectivity index (χ1n) is 12.5. The summed E-state index contributed by atoms with van der Waals surface area (Å²) in [7, 11) is -1.00. The maximum Gasteiger partial charge on any atom is 0.186 e. The molecule has 5 nitrogen and oxygen atoms in total. The minimum Gasteiger partial charge on any atom is -0.348 e. The van der Waals surface area contributed by atoms with E-state index in [1.165, 1.54) is 89.5 Å². The van der Waals surface area contributed by atoms with Gasteiger partial charge in [0.2, 0.25) is 0 Å². The Kier molecular flexibility index (Phi) is 26.2. The molecule has 11 heteroatoms. The molecule has 2 aromatic heterocycles. The van der Waals surface area contributed by atoms with Crippen LogP contribution in [0.4, 0.5) is 9.52 Å². The molecule has 206 valence electrons. The molecule has 0 amide bonds. The lowest BCUT2D eigenvalue weighted by Gasteiger charge is -2.25. The molecule has 35 heavy (non-hydrogen) atoms. The second-order valence-corrected chi connectivity index (χ2v) is 11.9. The Morgan fingerprint density at radius 1 is 0.914 bits per heavy atom. The molecule has 1 N–H and O–H groups in total. The van der Waals surface area contributed by atoms with Gasteiger partial charge in [0, 0.05) is 23.8 Å². The lowest BCUT2D eigenvalue weighted by Crippen LogP contribution is -2.29. The minimum absolute atomic E-state index is 0. The normalized spacial score (nSPS) is 14.9. The summed E-state index contributed by atoms with van der Waals surface area (Å²) < 4.78 is 18.3. The Labute approximate surface area is 248 Å². The van der Waals surface area contributed by atoms with Crippen molar-refractivity contribution < 1.29 is 5.76 Å². The highest BCUT2D eigenvalue weighted by Gasteiger charge is 2.13. The van der Waals surface area contributed by atoms with E-state index in [1.807, 2.05) is 10.8 Å². The van der Waals surface area contributed by atoms with E-state index in [-0.39, 0.29) is 7.43 Å². The van der Waals surface area contributed by atoms with E-state index in [0.29, 0.717) is 0 Å². The molecule has 0 bridgehead atoms. The van der Waals surface area contributed by atoms with E-state index < -0.39 is 7.15 Å². The molecule has 4 heterocycles. The van der Waals surface area contributed by atoms with Crippen LogP contribution < -0.4 is 10.2 Å². The highest BCUT2D eigenvalue weighted by molar-refractivity contribution is 9.11. The first-order valence-corrected chi connectivity index (χ1v) is 16.0. The number of hydrogen-bond acceptors (Lipinski definition) is 7. The third-order valence-electron chi connectivity index (χ3n) is 5.09. The summed E-state index contributed by atoms with van der Waals surface area (Å²) in [6, 6.07) is 0. The van der Waals surface area contributed by atoms with Crippen LogP contribution in [0.2, 0.25) is 0 Å². The number of hydrogen-bond donors (Lipinski definition) is 1. The van der Waals surface area contributed by atoms with E-state index >= 15 is 0 Å². The zero-order chi connectivity index (χ0) is 26.3. The van der Waals surface area contributed by atoms with E-state index in [4.69, 9.17) is 1.37 Å². The molecule has 2 fully saturated rings. The number of rotatable bonds is 4. The SMILES string of the molecule is Brc1csc(Br)n1.Brc1csc(N2CCCCC2)n1.C.C1CCNCC1.CCN(CC)CC.[2H]CF.